The molecule has 0 fully saturated rings. The quantitative estimate of drug-likeness (QED) is 0.159. The number of amides is 1. The summed E-state index contributed by atoms with van der Waals surface area (Å²) >= 11 is 0. The maximum Gasteiger partial charge on any atom is 0.228 e. The normalized spacial score (nSPS) is 11.7. The van der Waals surface area contributed by atoms with Gasteiger partial charge in [-0.25, -0.2) is 22.5 Å². The number of pyridine rings is 3. The minimum atomic E-state index is -3.45. The Bertz CT molecular complexity index is 2390. The number of carbonyl (C=O) groups excluding carboxylic acids is 1. The first-order chi connectivity index (χ1) is 22.7. The molecule has 13 heteroatoms. The van der Waals surface area contributed by atoms with Gasteiger partial charge < -0.3 is 10.3 Å². The molecule has 0 atom stereocenters. The van der Waals surface area contributed by atoms with Gasteiger partial charge in [0.05, 0.1) is 47.7 Å². The second kappa shape index (κ2) is 12.2. The van der Waals surface area contributed by atoms with Crippen LogP contribution in [0.25, 0.3) is 55.7 Å². The number of nitrogens with one attached hydrogen (secondary N) is 4. The number of benzene rings is 2. The predicted molar refractivity (Wildman–Crippen MR) is 178 cm³/mol. The molecule has 0 saturated carbocycles. The van der Waals surface area contributed by atoms with Crippen LogP contribution in [0.5, 0.6) is 0 Å². The highest BCUT2D eigenvalue weighted by molar-refractivity contribution is 7.88. The summed E-state index contributed by atoms with van der Waals surface area (Å²) < 4.78 is 40.2. The maximum atomic E-state index is 14.6. The topological polar surface area (TPSA) is 158 Å². The van der Waals surface area contributed by atoms with Crippen molar-refractivity contribution in [3.05, 3.63) is 115 Å². The summed E-state index contributed by atoms with van der Waals surface area (Å²) in [5.74, 6) is -0.635. The van der Waals surface area contributed by atoms with Crippen LogP contribution in [0.4, 0.5) is 10.1 Å². The van der Waals surface area contributed by atoms with Crippen LogP contribution in [0.1, 0.15) is 11.1 Å². The molecule has 0 bridgehead atoms. The molecule has 0 aliphatic rings. The van der Waals surface area contributed by atoms with Gasteiger partial charge in [0.2, 0.25) is 15.9 Å². The molecule has 1 amide bonds. The van der Waals surface area contributed by atoms with Gasteiger partial charge in [-0.2, -0.15) is 5.10 Å². The summed E-state index contributed by atoms with van der Waals surface area (Å²) in [7, 11) is -3.45. The number of aromatic nitrogens is 6. The first-order valence-electron chi connectivity index (χ1n) is 14.5. The molecule has 0 radical (unpaired) electrons. The molecule has 0 spiro atoms. The van der Waals surface area contributed by atoms with Gasteiger partial charge in [0.15, 0.2) is 0 Å². The van der Waals surface area contributed by atoms with Crippen molar-refractivity contribution in [3.8, 4) is 33.8 Å². The number of fused-ring (bicyclic) bond motifs is 2. The average molecular weight is 647 g/mol. The number of rotatable bonds is 9. The number of anilines is 1. The summed E-state index contributed by atoms with van der Waals surface area (Å²) in [4.78, 5) is 29.4. The van der Waals surface area contributed by atoms with E-state index < -0.39 is 15.8 Å². The molecule has 7 rings (SSSR count). The van der Waals surface area contributed by atoms with Crippen LogP contribution in [0.3, 0.4) is 0 Å². The van der Waals surface area contributed by atoms with Crippen LogP contribution in [0.15, 0.2) is 97.6 Å². The lowest BCUT2D eigenvalue weighted by Gasteiger charge is -2.08. The van der Waals surface area contributed by atoms with Gasteiger partial charge in [-0.15, -0.1) is 0 Å². The first-order valence-corrected chi connectivity index (χ1v) is 16.4. The number of hydrogen-bond donors (Lipinski definition) is 4. The molecule has 2 aromatic carbocycles. The van der Waals surface area contributed by atoms with Gasteiger partial charge in [-0.05, 0) is 64.7 Å². The number of H-pyrrole nitrogens is 2. The monoisotopic (exact) mass is 646 g/mol. The van der Waals surface area contributed by atoms with Gasteiger partial charge in [-0.1, -0.05) is 30.3 Å². The molecular formula is C34H27FN8O3S. The molecule has 0 aliphatic carbocycles. The van der Waals surface area contributed by atoms with Crippen molar-refractivity contribution >= 4 is 43.6 Å². The van der Waals surface area contributed by atoms with Crippen molar-refractivity contribution in [3.63, 3.8) is 0 Å². The number of sulfonamides is 1. The Hall–Kier alpha value is -5.79. The Labute approximate surface area is 268 Å². The van der Waals surface area contributed by atoms with E-state index in [9.17, 15) is 17.6 Å². The Morgan fingerprint density at radius 1 is 0.894 bits per heavy atom. The van der Waals surface area contributed by atoms with Crippen LogP contribution < -0.4 is 10.0 Å². The highest BCUT2D eigenvalue weighted by Crippen LogP contribution is 2.35. The fourth-order valence-corrected chi connectivity index (χ4v) is 5.87. The number of nitrogens with zero attached hydrogens (tertiary/aromatic N) is 4. The summed E-state index contributed by atoms with van der Waals surface area (Å²) in [6.45, 7) is -0.0374. The van der Waals surface area contributed by atoms with Crippen LogP contribution in [-0.4, -0.2) is 50.7 Å². The van der Waals surface area contributed by atoms with Crippen molar-refractivity contribution in [2.75, 3.05) is 11.6 Å². The third kappa shape index (κ3) is 6.61. The molecule has 234 valence electrons. The summed E-state index contributed by atoms with van der Waals surface area (Å²) in [6, 6.07) is 21.4. The smallest absolute Gasteiger partial charge is 0.228 e. The predicted octanol–water partition coefficient (Wildman–Crippen LogP) is 5.60. The highest BCUT2D eigenvalue weighted by atomic mass is 32.2. The Kier molecular flexibility index (Phi) is 7.75. The highest BCUT2D eigenvalue weighted by Gasteiger charge is 2.17. The summed E-state index contributed by atoms with van der Waals surface area (Å²) in [5, 5.41) is 12.0. The van der Waals surface area contributed by atoms with Gasteiger partial charge in [0.25, 0.3) is 0 Å². The van der Waals surface area contributed by atoms with Gasteiger partial charge in [0.1, 0.15) is 17.2 Å². The second-order valence-corrected chi connectivity index (χ2v) is 12.9. The van der Waals surface area contributed by atoms with E-state index in [1.54, 1.807) is 36.9 Å². The van der Waals surface area contributed by atoms with Crippen LogP contribution in [0.2, 0.25) is 0 Å². The maximum absolute atomic E-state index is 14.6. The van der Waals surface area contributed by atoms with E-state index in [0.717, 1.165) is 28.2 Å². The second-order valence-electron chi connectivity index (χ2n) is 11.1. The minimum absolute atomic E-state index is 0.0374. The van der Waals surface area contributed by atoms with E-state index in [4.69, 9.17) is 0 Å². The van der Waals surface area contributed by atoms with Crippen molar-refractivity contribution < 1.29 is 17.6 Å². The van der Waals surface area contributed by atoms with Crippen molar-refractivity contribution in [1.29, 1.82) is 0 Å². The summed E-state index contributed by atoms with van der Waals surface area (Å²) in [5.41, 5.74) is 7.20. The molecule has 4 N–H and O–H groups in total. The molecule has 0 unspecified atom stereocenters. The van der Waals surface area contributed by atoms with Gasteiger partial charge in [0, 0.05) is 35.3 Å². The summed E-state index contributed by atoms with van der Waals surface area (Å²) in [6.07, 6.45) is 7.88. The number of aromatic amines is 2. The molecule has 0 saturated heterocycles. The van der Waals surface area contributed by atoms with Crippen molar-refractivity contribution in [2.24, 2.45) is 0 Å². The fourth-order valence-electron chi connectivity index (χ4n) is 5.44. The van der Waals surface area contributed by atoms with Gasteiger partial charge in [-0.3, -0.25) is 19.9 Å². The Morgan fingerprint density at radius 2 is 1.74 bits per heavy atom. The van der Waals surface area contributed by atoms with E-state index in [0.29, 0.717) is 50.6 Å². The Morgan fingerprint density at radius 3 is 2.57 bits per heavy atom. The lowest BCUT2D eigenvalue weighted by molar-refractivity contribution is -0.115. The van der Waals surface area contributed by atoms with E-state index in [1.165, 1.54) is 12.1 Å². The molecule has 5 heterocycles. The average Bonchev–Trinajstić information content (AvgIpc) is 3.68. The van der Waals surface area contributed by atoms with E-state index in [1.807, 2.05) is 48.5 Å². The van der Waals surface area contributed by atoms with E-state index >= 15 is 0 Å². The van der Waals surface area contributed by atoms with Crippen molar-refractivity contribution in [2.45, 2.75) is 13.0 Å². The molecule has 5 aromatic heterocycles. The molecule has 47 heavy (non-hydrogen) atoms. The van der Waals surface area contributed by atoms with Crippen molar-refractivity contribution in [1.82, 2.24) is 34.9 Å². The third-order valence-corrected chi connectivity index (χ3v) is 8.24. The fraction of sp³-hybridized carbons (Fsp3) is 0.0882. The SMILES string of the molecule is CS(=O)(=O)NCc1cc(F)cc(-c2ccnc3[nH]c(-c4n[nH]c5cnc(-c6cncc(NC(=O)Cc7ccccc7)c6)cc45)cc23)c1. The lowest BCUT2D eigenvalue weighted by Crippen LogP contribution is -2.21. The number of carbonyl (C=O) groups is 1. The molecule has 0 aliphatic heterocycles. The van der Waals surface area contributed by atoms with Gasteiger partial charge >= 0.3 is 0 Å². The van der Waals surface area contributed by atoms with Crippen LogP contribution in [0, 0.1) is 5.82 Å². The standard InChI is InChI=1S/C34H27FN8O3S/c1-47(45,46)39-16-21-9-22(12-24(35)10-21)26-7-8-37-34-27(26)14-30(41-34)33-28-15-29(38-19-31(28)42-43-33)23-13-25(18-36-17-23)40-32(44)11-20-5-3-2-4-6-20/h2-10,12-15,17-19,39H,11,16H2,1H3,(H,37,41)(H,40,44)(H,42,43). The van der Waals surface area contributed by atoms with Crippen LogP contribution in [-0.2, 0) is 27.8 Å². The minimum Gasteiger partial charge on any atom is -0.338 e. The zero-order valence-electron chi connectivity index (χ0n) is 25.0. The van der Waals surface area contributed by atoms with E-state index in [-0.39, 0.29) is 18.9 Å². The Balaban J connectivity index is 1.20. The molecule has 7 aromatic rings. The van der Waals surface area contributed by atoms with Crippen LogP contribution >= 0.6 is 0 Å². The third-order valence-electron chi connectivity index (χ3n) is 7.57. The number of hydrogen-bond acceptors (Lipinski definition) is 7. The molecule has 11 nitrogen and oxygen atoms in total. The largest absolute Gasteiger partial charge is 0.338 e. The number of halogens is 1. The zero-order valence-corrected chi connectivity index (χ0v) is 25.8. The lowest BCUT2D eigenvalue weighted by atomic mass is 10.0. The van der Waals surface area contributed by atoms with E-state index in [2.05, 4.69) is 40.2 Å². The molecular weight excluding hydrogens is 619 g/mol. The first kappa shape index (κ1) is 29.9. The zero-order chi connectivity index (χ0) is 32.5.